The molecule has 96 valence electrons. The predicted molar refractivity (Wildman–Crippen MR) is 68.9 cm³/mol. The molecule has 1 fully saturated rings. The third kappa shape index (κ3) is 3.48. The molecule has 0 bridgehead atoms. The van der Waals surface area contributed by atoms with Gasteiger partial charge in [0.05, 0.1) is 5.71 Å². The van der Waals surface area contributed by atoms with Crippen LogP contribution in [0.5, 0.6) is 0 Å². The van der Waals surface area contributed by atoms with Crippen molar-refractivity contribution in [2.45, 2.75) is 12.8 Å². The van der Waals surface area contributed by atoms with Crippen molar-refractivity contribution >= 4 is 17.4 Å². The molecule has 1 N–H and O–H groups in total. The lowest BCUT2D eigenvalue weighted by Gasteiger charge is -2.29. The average molecular weight is 248 g/mol. The van der Waals surface area contributed by atoms with Crippen LogP contribution in [0.1, 0.15) is 12.8 Å². The van der Waals surface area contributed by atoms with Gasteiger partial charge in [0.1, 0.15) is 0 Å². The van der Waals surface area contributed by atoms with Crippen molar-refractivity contribution in [1.29, 1.82) is 0 Å². The molecular formula is C13H16N2O3. The first kappa shape index (κ1) is 12.4. The van der Waals surface area contributed by atoms with Crippen LogP contribution < -0.4 is 4.90 Å². The fraction of sp³-hybridized carbons (Fsp3) is 0.385. The van der Waals surface area contributed by atoms with E-state index in [1.165, 1.54) is 5.69 Å². The second-order valence-electron chi connectivity index (χ2n) is 4.15. The topological polar surface area (TPSA) is 62.1 Å². The minimum atomic E-state index is -0.999. The maximum Gasteiger partial charge on any atom is 0.344 e. The van der Waals surface area contributed by atoms with Crippen molar-refractivity contribution in [2.75, 3.05) is 24.6 Å². The van der Waals surface area contributed by atoms with Crippen LogP contribution in [0.25, 0.3) is 0 Å². The number of carbonyl (C=O) groups is 1. The molecule has 0 radical (unpaired) electrons. The predicted octanol–water partition coefficient (Wildman–Crippen LogP) is 1.74. The van der Waals surface area contributed by atoms with Gasteiger partial charge in [-0.1, -0.05) is 23.4 Å². The zero-order chi connectivity index (χ0) is 12.8. The van der Waals surface area contributed by atoms with E-state index in [1.54, 1.807) is 0 Å². The number of hydrogen-bond donors (Lipinski definition) is 1. The number of para-hydroxylation sites is 1. The standard InChI is InChI=1S/C13H16N2O3/c16-13(17)10-18-14-11-6-8-15(9-7-11)12-4-2-1-3-5-12/h1-5H,6-10H2,(H,16,17). The van der Waals surface area contributed by atoms with Gasteiger partial charge in [-0.25, -0.2) is 4.79 Å². The molecule has 0 aromatic heterocycles. The Morgan fingerprint density at radius 2 is 1.94 bits per heavy atom. The molecule has 2 rings (SSSR count). The summed E-state index contributed by atoms with van der Waals surface area (Å²) < 4.78 is 0. The van der Waals surface area contributed by atoms with Crippen LogP contribution in [0, 0.1) is 0 Å². The molecular weight excluding hydrogens is 232 g/mol. The van der Waals surface area contributed by atoms with Gasteiger partial charge in [0.15, 0.2) is 0 Å². The van der Waals surface area contributed by atoms with E-state index in [-0.39, 0.29) is 6.61 Å². The molecule has 1 aliphatic heterocycles. The molecule has 0 aliphatic carbocycles. The molecule has 1 saturated heterocycles. The van der Waals surface area contributed by atoms with Crippen LogP contribution in [0.4, 0.5) is 5.69 Å². The zero-order valence-corrected chi connectivity index (χ0v) is 10.1. The molecule has 18 heavy (non-hydrogen) atoms. The summed E-state index contributed by atoms with van der Waals surface area (Å²) in [6.07, 6.45) is 1.63. The molecule has 0 unspecified atom stereocenters. The molecule has 5 nitrogen and oxygen atoms in total. The van der Waals surface area contributed by atoms with Gasteiger partial charge in [0.2, 0.25) is 6.61 Å². The Kier molecular flexibility index (Phi) is 4.17. The monoisotopic (exact) mass is 248 g/mol. The number of nitrogens with zero attached hydrogens (tertiary/aromatic N) is 2. The number of anilines is 1. The van der Waals surface area contributed by atoms with E-state index >= 15 is 0 Å². The summed E-state index contributed by atoms with van der Waals surface area (Å²) in [5.74, 6) is -0.999. The summed E-state index contributed by atoms with van der Waals surface area (Å²) in [5, 5.41) is 12.3. The highest BCUT2D eigenvalue weighted by Gasteiger charge is 2.15. The Hall–Kier alpha value is -2.04. The van der Waals surface area contributed by atoms with Crippen molar-refractivity contribution in [2.24, 2.45) is 5.16 Å². The number of piperidine rings is 1. The third-order valence-corrected chi connectivity index (χ3v) is 2.84. The molecule has 0 amide bonds. The van der Waals surface area contributed by atoms with E-state index < -0.39 is 5.97 Å². The van der Waals surface area contributed by atoms with Gasteiger partial charge in [-0.3, -0.25) is 0 Å². The number of carboxylic acid groups (broad SMARTS) is 1. The molecule has 0 spiro atoms. The number of aliphatic carboxylic acids is 1. The van der Waals surface area contributed by atoms with Crippen molar-refractivity contribution < 1.29 is 14.7 Å². The maximum atomic E-state index is 10.3. The van der Waals surface area contributed by atoms with Crippen LogP contribution in [0.3, 0.4) is 0 Å². The molecule has 1 aliphatic rings. The van der Waals surface area contributed by atoms with Gasteiger partial charge >= 0.3 is 5.97 Å². The minimum absolute atomic E-state index is 0.369. The van der Waals surface area contributed by atoms with Gasteiger partial charge in [-0.05, 0) is 12.1 Å². The van der Waals surface area contributed by atoms with Crippen molar-refractivity contribution in [3.8, 4) is 0 Å². The van der Waals surface area contributed by atoms with E-state index in [9.17, 15) is 4.79 Å². The number of hydrogen-bond acceptors (Lipinski definition) is 4. The van der Waals surface area contributed by atoms with E-state index in [4.69, 9.17) is 9.94 Å². The second kappa shape index (κ2) is 6.05. The lowest BCUT2D eigenvalue weighted by atomic mass is 10.1. The highest BCUT2D eigenvalue weighted by Crippen LogP contribution is 2.18. The molecule has 1 heterocycles. The van der Waals surface area contributed by atoms with E-state index in [2.05, 4.69) is 22.2 Å². The SMILES string of the molecule is O=C(O)CON=C1CCN(c2ccccc2)CC1. The van der Waals surface area contributed by atoms with Gasteiger partial charge < -0.3 is 14.8 Å². The van der Waals surface area contributed by atoms with Crippen molar-refractivity contribution in [1.82, 2.24) is 0 Å². The highest BCUT2D eigenvalue weighted by molar-refractivity contribution is 5.86. The highest BCUT2D eigenvalue weighted by atomic mass is 16.6. The first-order chi connectivity index (χ1) is 8.75. The van der Waals surface area contributed by atoms with Crippen LogP contribution >= 0.6 is 0 Å². The van der Waals surface area contributed by atoms with Gasteiger partial charge in [0.25, 0.3) is 0 Å². The summed E-state index contributed by atoms with van der Waals surface area (Å²) in [6, 6.07) is 10.2. The Labute approximate surface area is 106 Å². The molecule has 5 heteroatoms. The smallest absolute Gasteiger partial charge is 0.344 e. The van der Waals surface area contributed by atoms with Crippen LogP contribution in [0.2, 0.25) is 0 Å². The van der Waals surface area contributed by atoms with Gasteiger partial charge in [0, 0.05) is 31.6 Å². The van der Waals surface area contributed by atoms with Gasteiger partial charge in [-0.15, -0.1) is 0 Å². The van der Waals surface area contributed by atoms with E-state index in [0.717, 1.165) is 31.6 Å². The fourth-order valence-electron chi connectivity index (χ4n) is 1.93. The summed E-state index contributed by atoms with van der Waals surface area (Å²) in [4.78, 5) is 17.3. The maximum absolute atomic E-state index is 10.3. The first-order valence-corrected chi connectivity index (χ1v) is 5.95. The average Bonchev–Trinajstić information content (AvgIpc) is 2.40. The Morgan fingerprint density at radius 1 is 1.28 bits per heavy atom. The number of carboxylic acids is 1. The summed E-state index contributed by atoms with van der Waals surface area (Å²) >= 11 is 0. The number of oxime groups is 1. The number of rotatable bonds is 4. The molecule has 0 saturated carbocycles. The Balaban J connectivity index is 1.83. The quantitative estimate of drug-likeness (QED) is 0.824. The molecule has 0 atom stereocenters. The van der Waals surface area contributed by atoms with E-state index in [1.807, 2.05) is 18.2 Å². The Bertz CT molecular complexity index is 421. The second-order valence-corrected chi connectivity index (χ2v) is 4.15. The normalized spacial score (nSPS) is 15.3. The fourth-order valence-corrected chi connectivity index (χ4v) is 1.93. The van der Waals surface area contributed by atoms with Crippen LogP contribution in [0.15, 0.2) is 35.5 Å². The largest absolute Gasteiger partial charge is 0.479 e. The minimum Gasteiger partial charge on any atom is -0.479 e. The van der Waals surface area contributed by atoms with Crippen LogP contribution in [-0.4, -0.2) is 36.5 Å². The Morgan fingerprint density at radius 3 is 2.56 bits per heavy atom. The zero-order valence-electron chi connectivity index (χ0n) is 10.1. The van der Waals surface area contributed by atoms with E-state index in [0.29, 0.717) is 0 Å². The van der Waals surface area contributed by atoms with Crippen LogP contribution in [-0.2, 0) is 9.63 Å². The van der Waals surface area contributed by atoms with Gasteiger partial charge in [-0.2, -0.15) is 0 Å². The number of benzene rings is 1. The summed E-state index contributed by atoms with van der Waals surface area (Å²) in [5.41, 5.74) is 2.14. The van der Waals surface area contributed by atoms with Crippen molar-refractivity contribution in [3.63, 3.8) is 0 Å². The summed E-state index contributed by atoms with van der Waals surface area (Å²) in [6.45, 7) is 1.41. The first-order valence-electron chi connectivity index (χ1n) is 5.95. The lowest BCUT2D eigenvalue weighted by Crippen LogP contribution is -2.33. The molecule has 1 aromatic carbocycles. The van der Waals surface area contributed by atoms with Crippen molar-refractivity contribution in [3.05, 3.63) is 30.3 Å². The third-order valence-electron chi connectivity index (χ3n) is 2.84. The lowest BCUT2D eigenvalue weighted by molar-refractivity contribution is -0.142. The molecule has 1 aromatic rings. The summed E-state index contributed by atoms with van der Waals surface area (Å²) in [7, 11) is 0.